The van der Waals surface area contributed by atoms with Crippen molar-refractivity contribution in [1.29, 1.82) is 0 Å². The third-order valence-corrected chi connectivity index (χ3v) is 6.17. The Hall–Kier alpha value is -1.75. The maximum absolute atomic E-state index is 11.9. The number of hydrogen-bond acceptors (Lipinski definition) is 7. The lowest BCUT2D eigenvalue weighted by molar-refractivity contribution is -0.385. The third-order valence-electron chi connectivity index (χ3n) is 5.23. The fraction of sp³-hybridized carbons (Fsp3) is 0.625. The second-order valence-corrected chi connectivity index (χ2v) is 8.57. The van der Waals surface area contributed by atoms with E-state index < -0.39 is 14.9 Å². The number of anilines is 1. The number of likely N-dealkylation sites (N-methyl/N-ethyl adjacent to an activating group) is 1. The lowest BCUT2D eigenvalue weighted by Crippen LogP contribution is -2.54. The van der Waals surface area contributed by atoms with Gasteiger partial charge < -0.3 is 9.80 Å². The molecule has 1 atom stereocenters. The Morgan fingerprint density at radius 1 is 1.19 bits per heavy atom. The zero-order valence-corrected chi connectivity index (χ0v) is 15.7. The maximum Gasteiger partial charge on any atom is 0.270 e. The van der Waals surface area contributed by atoms with E-state index >= 15 is 0 Å². The summed E-state index contributed by atoms with van der Waals surface area (Å²) in [5.74, 6) is 0. The molecule has 3 rings (SSSR count). The summed E-state index contributed by atoms with van der Waals surface area (Å²) in [4.78, 5) is 16.9. The topological polar surface area (TPSA) is 113 Å². The molecule has 144 valence electrons. The van der Waals surface area contributed by atoms with Crippen LogP contribution in [0.15, 0.2) is 23.1 Å². The standard InChI is InChI=1S/C16H25N5O4S/c1-18-6-2-3-14(12-18)19-7-9-20(10-8-19)15-5-4-13(21(22)23)11-16(15)26(17,24)25/h4-5,11,14H,2-3,6-10,12H2,1H3,(H2,17,24,25). The Balaban J connectivity index is 1.76. The highest BCUT2D eigenvalue weighted by molar-refractivity contribution is 7.89. The predicted octanol–water partition coefficient (Wildman–Crippen LogP) is 0.458. The minimum absolute atomic E-state index is 0.183. The number of benzene rings is 1. The quantitative estimate of drug-likeness (QED) is 0.593. The number of piperazine rings is 1. The van der Waals surface area contributed by atoms with Gasteiger partial charge in [-0.2, -0.15) is 0 Å². The highest BCUT2D eigenvalue weighted by Gasteiger charge is 2.29. The van der Waals surface area contributed by atoms with Gasteiger partial charge in [-0.05, 0) is 32.5 Å². The first-order valence-corrected chi connectivity index (χ1v) is 10.3. The van der Waals surface area contributed by atoms with E-state index in [2.05, 4.69) is 16.8 Å². The lowest BCUT2D eigenvalue weighted by Gasteiger charge is -2.43. The van der Waals surface area contributed by atoms with Crippen LogP contribution < -0.4 is 10.0 Å². The Morgan fingerprint density at radius 3 is 2.46 bits per heavy atom. The number of sulfonamides is 1. The van der Waals surface area contributed by atoms with E-state index in [1.54, 1.807) is 0 Å². The fourth-order valence-electron chi connectivity index (χ4n) is 3.87. The Morgan fingerprint density at radius 2 is 1.88 bits per heavy atom. The van der Waals surface area contributed by atoms with Crippen LogP contribution in [0, 0.1) is 10.1 Å². The molecule has 10 heteroatoms. The van der Waals surface area contributed by atoms with Crippen LogP contribution in [0.4, 0.5) is 11.4 Å². The number of nitro groups is 1. The van der Waals surface area contributed by atoms with E-state index in [9.17, 15) is 18.5 Å². The number of hydrogen-bond donors (Lipinski definition) is 1. The number of non-ortho nitro benzene ring substituents is 1. The molecule has 2 heterocycles. The van der Waals surface area contributed by atoms with E-state index in [0.717, 1.165) is 32.2 Å². The van der Waals surface area contributed by atoms with Crippen molar-refractivity contribution >= 4 is 21.4 Å². The average Bonchev–Trinajstić information content (AvgIpc) is 2.60. The molecule has 1 aromatic rings. The minimum Gasteiger partial charge on any atom is -0.368 e. The van der Waals surface area contributed by atoms with Crippen LogP contribution in [0.5, 0.6) is 0 Å². The largest absolute Gasteiger partial charge is 0.368 e. The van der Waals surface area contributed by atoms with Gasteiger partial charge in [-0.1, -0.05) is 0 Å². The summed E-state index contributed by atoms with van der Waals surface area (Å²) in [6.07, 6.45) is 2.38. The predicted molar refractivity (Wildman–Crippen MR) is 98.8 cm³/mol. The van der Waals surface area contributed by atoms with Crippen molar-refractivity contribution in [2.75, 3.05) is 51.2 Å². The first-order valence-electron chi connectivity index (χ1n) is 8.74. The number of rotatable bonds is 4. The van der Waals surface area contributed by atoms with Gasteiger partial charge in [0.2, 0.25) is 10.0 Å². The SMILES string of the molecule is CN1CCCC(N2CCN(c3ccc([N+](=O)[O-])cc3S(N)(=O)=O)CC2)C1. The summed E-state index contributed by atoms with van der Waals surface area (Å²) in [6.45, 7) is 5.19. The van der Waals surface area contributed by atoms with Gasteiger partial charge in [-0.15, -0.1) is 0 Å². The van der Waals surface area contributed by atoms with E-state index in [-0.39, 0.29) is 10.6 Å². The normalized spacial score (nSPS) is 23.2. The molecule has 9 nitrogen and oxygen atoms in total. The molecule has 0 bridgehead atoms. The fourth-order valence-corrected chi connectivity index (χ4v) is 4.64. The van der Waals surface area contributed by atoms with Crippen LogP contribution in [0.3, 0.4) is 0 Å². The molecular formula is C16H25N5O4S. The minimum atomic E-state index is -4.05. The van der Waals surface area contributed by atoms with Gasteiger partial charge in [-0.25, -0.2) is 13.6 Å². The van der Waals surface area contributed by atoms with Crippen LogP contribution in [-0.2, 0) is 10.0 Å². The lowest BCUT2D eigenvalue weighted by atomic mass is 10.0. The van der Waals surface area contributed by atoms with E-state index in [1.165, 1.54) is 25.0 Å². The number of likely N-dealkylation sites (tertiary alicyclic amines) is 1. The van der Waals surface area contributed by atoms with Gasteiger partial charge in [0.05, 0.1) is 10.6 Å². The van der Waals surface area contributed by atoms with Crippen LogP contribution in [0.25, 0.3) is 0 Å². The third kappa shape index (κ3) is 4.14. The van der Waals surface area contributed by atoms with Gasteiger partial charge >= 0.3 is 0 Å². The van der Waals surface area contributed by atoms with Crippen molar-refractivity contribution in [3.8, 4) is 0 Å². The Bertz CT molecular complexity index is 777. The first-order chi connectivity index (χ1) is 12.3. The van der Waals surface area contributed by atoms with E-state index in [0.29, 0.717) is 24.8 Å². The molecule has 2 saturated heterocycles. The summed E-state index contributed by atoms with van der Waals surface area (Å²) in [7, 11) is -1.91. The highest BCUT2D eigenvalue weighted by atomic mass is 32.2. The number of primary sulfonamides is 1. The molecule has 1 unspecified atom stereocenters. The summed E-state index contributed by atoms with van der Waals surface area (Å²) in [5.41, 5.74) is 0.167. The van der Waals surface area contributed by atoms with Crippen LogP contribution in [-0.4, -0.2) is 75.5 Å². The number of nitrogens with zero attached hydrogens (tertiary/aromatic N) is 4. The summed E-state index contributed by atoms with van der Waals surface area (Å²) >= 11 is 0. The monoisotopic (exact) mass is 383 g/mol. The van der Waals surface area contributed by atoms with Crippen molar-refractivity contribution < 1.29 is 13.3 Å². The average molecular weight is 383 g/mol. The van der Waals surface area contributed by atoms with Crippen LogP contribution in [0.1, 0.15) is 12.8 Å². The van der Waals surface area contributed by atoms with Crippen molar-refractivity contribution in [2.45, 2.75) is 23.8 Å². The molecule has 0 aromatic heterocycles. The van der Waals surface area contributed by atoms with E-state index in [4.69, 9.17) is 5.14 Å². The van der Waals surface area contributed by atoms with Gasteiger partial charge in [0, 0.05) is 50.9 Å². The summed E-state index contributed by atoms with van der Waals surface area (Å²) in [6, 6.07) is 4.40. The molecular weight excluding hydrogens is 358 g/mol. The molecule has 0 aliphatic carbocycles. The smallest absolute Gasteiger partial charge is 0.270 e. The van der Waals surface area contributed by atoms with Crippen molar-refractivity contribution in [2.24, 2.45) is 5.14 Å². The number of nitrogens with two attached hydrogens (primary N) is 1. The molecule has 0 radical (unpaired) electrons. The molecule has 2 fully saturated rings. The second-order valence-electron chi connectivity index (χ2n) is 7.04. The molecule has 0 spiro atoms. The molecule has 2 aliphatic rings. The zero-order chi connectivity index (χ0) is 18.9. The van der Waals surface area contributed by atoms with Crippen molar-refractivity contribution in [1.82, 2.24) is 9.80 Å². The molecule has 2 N–H and O–H groups in total. The van der Waals surface area contributed by atoms with E-state index in [1.807, 2.05) is 4.90 Å². The summed E-state index contributed by atoms with van der Waals surface area (Å²) < 4.78 is 23.9. The van der Waals surface area contributed by atoms with Crippen LogP contribution in [0.2, 0.25) is 0 Å². The van der Waals surface area contributed by atoms with Gasteiger partial charge in [-0.3, -0.25) is 15.0 Å². The molecule has 26 heavy (non-hydrogen) atoms. The van der Waals surface area contributed by atoms with Gasteiger partial charge in [0.1, 0.15) is 4.90 Å². The van der Waals surface area contributed by atoms with Crippen molar-refractivity contribution in [3.05, 3.63) is 28.3 Å². The first kappa shape index (κ1) is 19.0. The zero-order valence-electron chi connectivity index (χ0n) is 14.9. The molecule has 2 aliphatic heterocycles. The molecule has 0 amide bonds. The second kappa shape index (κ2) is 7.47. The Kier molecular flexibility index (Phi) is 5.47. The van der Waals surface area contributed by atoms with Gasteiger partial charge in [0.25, 0.3) is 5.69 Å². The maximum atomic E-state index is 11.9. The summed E-state index contributed by atoms with van der Waals surface area (Å²) in [5, 5.41) is 16.3. The molecule has 1 aromatic carbocycles. The Labute approximate surface area is 153 Å². The van der Waals surface area contributed by atoms with Crippen LogP contribution >= 0.6 is 0 Å². The number of nitro benzene ring substituents is 1. The molecule has 0 saturated carbocycles. The van der Waals surface area contributed by atoms with Crippen molar-refractivity contribution in [3.63, 3.8) is 0 Å². The highest BCUT2D eigenvalue weighted by Crippen LogP contribution is 2.30. The van der Waals surface area contributed by atoms with Gasteiger partial charge in [0.15, 0.2) is 0 Å². The number of piperidine rings is 1.